The molecule has 1 saturated heterocycles. The van der Waals surface area contributed by atoms with Gasteiger partial charge in [0.25, 0.3) is 5.91 Å². The molecular formula is C20H26N6O3. The van der Waals surface area contributed by atoms with Crippen LogP contribution >= 0.6 is 0 Å². The molecule has 1 amide bonds. The van der Waals surface area contributed by atoms with Gasteiger partial charge in [-0.2, -0.15) is 5.10 Å². The maximum absolute atomic E-state index is 12.8. The van der Waals surface area contributed by atoms with Crippen molar-refractivity contribution < 1.29 is 14.1 Å². The van der Waals surface area contributed by atoms with Crippen molar-refractivity contribution in [3.8, 4) is 0 Å². The van der Waals surface area contributed by atoms with Gasteiger partial charge in [-0.3, -0.25) is 4.79 Å². The second-order valence-electron chi connectivity index (χ2n) is 7.08. The summed E-state index contributed by atoms with van der Waals surface area (Å²) in [6, 6.07) is 1.90. The predicted molar refractivity (Wildman–Crippen MR) is 108 cm³/mol. The number of fused-ring (bicyclic) bond motifs is 1. The van der Waals surface area contributed by atoms with Crippen molar-refractivity contribution in [2.45, 2.75) is 45.8 Å². The molecule has 0 aliphatic carbocycles. The van der Waals surface area contributed by atoms with Crippen LogP contribution in [0.15, 0.2) is 29.2 Å². The van der Waals surface area contributed by atoms with Gasteiger partial charge in [0.05, 0.1) is 23.5 Å². The molecule has 154 valence electrons. The van der Waals surface area contributed by atoms with Crippen LogP contribution in [0.1, 0.15) is 42.8 Å². The molecule has 4 rings (SSSR count). The normalized spacial score (nSPS) is 15.0. The minimum Gasteiger partial charge on any atom is -0.381 e. The van der Waals surface area contributed by atoms with Gasteiger partial charge in [0.2, 0.25) is 5.76 Å². The first-order valence-corrected chi connectivity index (χ1v) is 10.1. The van der Waals surface area contributed by atoms with Crippen LogP contribution in [-0.2, 0) is 17.8 Å². The molecule has 29 heavy (non-hydrogen) atoms. The monoisotopic (exact) mass is 398 g/mol. The fourth-order valence-corrected chi connectivity index (χ4v) is 3.65. The van der Waals surface area contributed by atoms with Crippen molar-refractivity contribution in [1.82, 2.24) is 24.8 Å². The van der Waals surface area contributed by atoms with Gasteiger partial charge in [0.1, 0.15) is 0 Å². The highest BCUT2D eigenvalue weighted by atomic mass is 16.5. The molecule has 1 aliphatic rings. The number of aromatic nitrogens is 4. The third-order valence-electron chi connectivity index (χ3n) is 5.29. The Kier molecular flexibility index (Phi) is 5.75. The SMILES string of the molecule is CCN(Cc1cnc2c(cnn2CC)c1NC1CCOCC1)C(=O)c1ccno1. The Balaban J connectivity index is 1.68. The zero-order valence-corrected chi connectivity index (χ0v) is 16.8. The Morgan fingerprint density at radius 2 is 2.14 bits per heavy atom. The van der Waals surface area contributed by atoms with E-state index in [1.807, 2.05) is 30.9 Å². The number of rotatable bonds is 7. The first kappa shape index (κ1) is 19.4. The van der Waals surface area contributed by atoms with Crippen LogP contribution in [-0.4, -0.2) is 56.5 Å². The minimum absolute atomic E-state index is 0.189. The van der Waals surface area contributed by atoms with Crippen LogP contribution < -0.4 is 5.32 Å². The molecule has 0 radical (unpaired) electrons. The van der Waals surface area contributed by atoms with Gasteiger partial charge in [0.15, 0.2) is 5.65 Å². The molecule has 0 spiro atoms. The molecule has 1 fully saturated rings. The number of nitrogens with zero attached hydrogens (tertiary/aromatic N) is 5. The van der Waals surface area contributed by atoms with Gasteiger partial charge in [-0.15, -0.1) is 0 Å². The summed E-state index contributed by atoms with van der Waals surface area (Å²) < 4.78 is 12.4. The summed E-state index contributed by atoms with van der Waals surface area (Å²) in [5.74, 6) is 0.0463. The van der Waals surface area contributed by atoms with Gasteiger partial charge in [-0.1, -0.05) is 5.16 Å². The van der Waals surface area contributed by atoms with E-state index in [1.54, 1.807) is 11.0 Å². The first-order chi connectivity index (χ1) is 14.2. The third-order valence-corrected chi connectivity index (χ3v) is 5.29. The summed E-state index contributed by atoms with van der Waals surface area (Å²) in [6.45, 7) is 7.20. The van der Waals surface area contributed by atoms with E-state index in [4.69, 9.17) is 9.26 Å². The number of carbonyl (C=O) groups excluding carboxylic acids is 1. The van der Waals surface area contributed by atoms with E-state index in [1.165, 1.54) is 6.20 Å². The fraction of sp³-hybridized carbons (Fsp3) is 0.500. The molecule has 3 aromatic rings. The first-order valence-electron chi connectivity index (χ1n) is 10.1. The summed E-state index contributed by atoms with van der Waals surface area (Å²) in [7, 11) is 0. The van der Waals surface area contributed by atoms with E-state index >= 15 is 0 Å². The number of hydrogen-bond donors (Lipinski definition) is 1. The molecule has 1 N–H and O–H groups in total. The number of amides is 1. The van der Waals surface area contributed by atoms with Gasteiger partial charge in [-0.05, 0) is 26.7 Å². The van der Waals surface area contributed by atoms with Crippen LogP contribution in [0.3, 0.4) is 0 Å². The molecule has 0 atom stereocenters. The number of aryl methyl sites for hydroxylation is 1. The van der Waals surface area contributed by atoms with Crippen LogP contribution in [0.4, 0.5) is 5.69 Å². The van der Waals surface area contributed by atoms with Crippen LogP contribution in [0, 0.1) is 0 Å². The zero-order chi connectivity index (χ0) is 20.2. The predicted octanol–water partition coefficient (Wildman–Crippen LogP) is 2.69. The second kappa shape index (κ2) is 8.60. The molecule has 0 saturated carbocycles. The Labute approximate surface area is 169 Å². The van der Waals surface area contributed by atoms with E-state index in [0.29, 0.717) is 19.1 Å². The fourth-order valence-electron chi connectivity index (χ4n) is 3.65. The molecule has 0 unspecified atom stereocenters. The Morgan fingerprint density at radius 3 is 2.83 bits per heavy atom. The molecule has 3 aromatic heterocycles. The highest BCUT2D eigenvalue weighted by Crippen LogP contribution is 2.29. The highest BCUT2D eigenvalue weighted by molar-refractivity contribution is 5.93. The summed E-state index contributed by atoms with van der Waals surface area (Å²) >= 11 is 0. The molecule has 0 aromatic carbocycles. The van der Waals surface area contributed by atoms with E-state index < -0.39 is 0 Å². The lowest BCUT2D eigenvalue weighted by atomic mass is 10.1. The van der Waals surface area contributed by atoms with E-state index in [9.17, 15) is 4.79 Å². The van der Waals surface area contributed by atoms with Gasteiger partial charge in [0, 0.05) is 56.7 Å². The van der Waals surface area contributed by atoms with Crippen molar-refractivity contribution in [1.29, 1.82) is 0 Å². The van der Waals surface area contributed by atoms with Crippen LogP contribution in [0.5, 0.6) is 0 Å². The number of anilines is 1. The van der Waals surface area contributed by atoms with Crippen molar-refractivity contribution in [2.75, 3.05) is 25.1 Å². The smallest absolute Gasteiger partial charge is 0.292 e. The molecule has 1 aliphatic heterocycles. The highest BCUT2D eigenvalue weighted by Gasteiger charge is 2.23. The second-order valence-corrected chi connectivity index (χ2v) is 7.08. The van der Waals surface area contributed by atoms with Crippen molar-refractivity contribution in [2.24, 2.45) is 0 Å². The van der Waals surface area contributed by atoms with Crippen LogP contribution in [0.2, 0.25) is 0 Å². The van der Waals surface area contributed by atoms with Gasteiger partial charge < -0.3 is 19.5 Å². The lowest BCUT2D eigenvalue weighted by Crippen LogP contribution is -2.32. The quantitative estimate of drug-likeness (QED) is 0.653. The standard InChI is InChI=1S/C20H26N6O3/c1-3-25(20(27)17-5-8-23-29-17)13-14-11-21-19-16(12-22-26(19)4-2)18(14)24-15-6-9-28-10-7-15/h5,8,11-12,15H,3-4,6-7,9-10,13H2,1-2H3,(H,21,24). The number of nitrogens with one attached hydrogen (secondary N) is 1. The van der Waals surface area contributed by atoms with Gasteiger partial charge >= 0.3 is 0 Å². The average molecular weight is 398 g/mol. The van der Waals surface area contributed by atoms with E-state index in [-0.39, 0.29) is 11.7 Å². The van der Waals surface area contributed by atoms with Gasteiger partial charge in [-0.25, -0.2) is 9.67 Å². The summed E-state index contributed by atoms with van der Waals surface area (Å²) in [4.78, 5) is 19.1. The van der Waals surface area contributed by atoms with Crippen molar-refractivity contribution in [3.05, 3.63) is 36.0 Å². The summed E-state index contributed by atoms with van der Waals surface area (Å²) in [6.07, 6.45) is 7.06. The Morgan fingerprint density at radius 1 is 1.31 bits per heavy atom. The zero-order valence-electron chi connectivity index (χ0n) is 16.8. The molecular weight excluding hydrogens is 372 g/mol. The van der Waals surface area contributed by atoms with Crippen molar-refractivity contribution in [3.63, 3.8) is 0 Å². The third kappa shape index (κ3) is 3.95. The Hall–Kier alpha value is -2.94. The molecule has 9 nitrogen and oxygen atoms in total. The maximum atomic E-state index is 12.8. The minimum atomic E-state index is -0.189. The number of carbonyl (C=O) groups is 1. The Bertz CT molecular complexity index is 962. The average Bonchev–Trinajstić information content (AvgIpc) is 3.43. The lowest BCUT2D eigenvalue weighted by molar-refractivity contribution is 0.0710. The van der Waals surface area contributed by atoms with E-state index in [2.05, 4.69) is 20.6 Å². The number of pyridine rings is 1. The summed E-state index contributed by atoms with van der Waals surface area (Å²) in [5, 5.41) is 12.8. The molecule has 9 heteroatoms. The maximum Gasteiger partial charge on any atom is 0.292 e. The lowest BCUT2D eigenvalue weighted by Gasteiger charge is -2.27. The number of ether oxygens (including phenoxy) is 1. The van der Waals surface area contributed by atoms with E-state index in [0.717, 1.165) is 54.9 Å². The molecule has 0 bridgehead atoms. The number of hydrogen-bond acceptors (Lipinski definition) is 7. The largest absolute Gasteiger partial charge is 0.381 e. The topological polar surface area (TPSA) is 98.3 Å². The molecule has 4 heterocycles. The summed E-state index contributed by atoms with van der Waals surface area (Å²) in [5.41, 5.74) is 2.79. The van der Waals surface area contributed by atoms with Crippen LogP contribution in [0.25, 0.3) is 11.0 Å². The van der Waals surface area contributed by atoms with Crippen molar-refractivity contribution >= 4 is 22.6 Å².